The number of carbonyl (C=O) groups is 1. The highest BCUT2D eigenvalue weighted by Gasteiger charge is 2.17. The second-order valence-electron chi connectivity index (χ2n) is 3.99. The number of aromatic carboxylic acids is 1. The van der Waals surface area contributed by atoms with Crippen LogP contribution in [0.1, 0.15) is 10.4 Å². The van der Waals surface area contributed by atoms with Gasteiger partial charge in [-0.15, -0.1) is 0 Å². The predicted octanol–water partition coefficient (Wildman–Crippen LogP) is 2.47. The molecule has 0 aromatic carbocycles. The number of hydrogen-bond acceptors (Lipinski definition) is 5. The topological polar surface area (TPSA) is 80.0 Å². The number of aryl methyl sites for hydroxylation is 1. The second kappa shape index (κ2) is 4.36. The first-order valence-corrected chi connectivity index (χ1v) is 6.44. The van der Waals surface area contributed by atoms with Gasteiger partial charge in [-0.25, -0.2) is 9.78 Å². The molecule has 3 rings (SSSR count). The molecular formula is C12H10N4O2S. The van der Waals surface area contributed by atoms with Gasteiger partial charge in [0.25, 0.3) is 0 Å². The maximum Gasteiger partial charge on any atom is 0.339 e. The smallest absolute Gasteiger partial charge is 0.339 e. The molecular weight excluding hydrogens is 264 g/mol. The van der Waals surface area contributed by atoms with Crippen LogP contribution in [-0.2, 0) is 7.05 Å². The molecule has 0 fully saturated rings. The Kier molecular flexibility index (Phi) is 2.68. The summed E-state index contributed by atoms with van der Waals surface area (Å²) in [5, 5.41) is 21.0. The summed E-state index contributed by atoms with van der Waals surface area (Å²) in [7, 11) is 1.77. The number of nitrogens with one attached hydrogen (secondary N) is 1. The van der Waals surface area contributed by atoms with Gasteiger partial charge < -0.3 is 10.4 Å². The highest BCUT2D eigenvalue weighted by atomic mass is 32.1. The normalized spacial score (nSPS) is 10.8. The third kappa shape index (κ3) is 1.93. The molecule has 96 valence electrons. The van der Waals surface area contributed by atoms with Crippen LogP contribution in [0.2, 0.25) is 0 Å². The van der Waals surface area contributed by atoms with Crippen molar-refractivity contribution in [3.05, 3.63) is 34.8 Å². The van der Waals surface area contributed by atoms with Gasteiger partial charge in [0.2, 0.25) is 0 Å². The molecule has 2 N–H and O–H groups in total. The van der Waals surface area contributed by atoms with Crippen LogP contribution in [-0.4, -0.2) is 25.8 Å². The van der Waals surface area contributed by atoms with Crippen LogP contribution in [0.25, 0.3) is 11.0 Å². The van der Waals surface area contributed by atoms with E-state index >= 15 is 0 Å². The number of carboxylic acid groups (broad SMARTS) is 1. The van der Waals surface area contributed by atoms with Gasteiger partial charge in [-0.1, -0.05) is 0 Å². The maximum atomic E-state index is 11.3. The van der Waals surface area contributed by atoms with Crippen LogP contribution in [0.4, 0.5) is 11.4 Å². The van der Waals surface area contributed by atoms with Crippen molar-refractivity contribution in [2.45, 2.75) is 0 Å². The molecule has 7 heteroatoms. The zero-order valence-electron chi connectivity index (χ0n) is 9.99. The molecule has 0 aliphatic heterocycles. The fourth-order valence-electron chi connectivity index (χ4n) is 1.87. The highest BCUT2D eigenvalue weighted by Crippen LogP contribution is 2.29. The number of fused-ring (bicyclic) bond motifs is 1. The molecule has 0 saturated heterocycles. The third-order valence-electron chi connectivity index (χ3n) is 2.78. The lowest BCUT2D eigenvalue weighted by atomic mass is 10.2. The quantitative estimate of drug-likeness (QED) is 0.767. The number of hydrogen-bond donors (Lipinski definition) is 2. The van der Waals surface area contributed by atoms with Gasteiger partial charge in [-0.3, -0.25) is 4.68 Å². The molecule has 3 aromatic rings. The summed E-state index contributed by atoms with van der Waals surface area (Å²) < 4.78 is 1.61. The number of anilines is 2. The van der Waals surface area contributed by atoms with Crippen molar-refractivity contribution < 1.29 is 9.90 Å². The Morgan fingerprint density at radius 1 is 1.47 bits per heavy atom. The van der Waals surface area contributed by atoms with Gasteiger partial charge in [0.1, 0.15) is 5.56 Å². The average Bonchev–Trinajstić information content (AvgIpc) is 3.00. The third-order valence-corrected chi connectivity index (χ3v) is 3.47. The molecule has 0 aliphatic rings. The zero-order chi connectivity index (χ0) is 13.4. The summed E-state index contributed by atoms with van der Waals surface area (Å²) >= 11 is 1.54. The van der Waals surface area contributed by atoms with E-state index in [0.717, 1.165) is 5.69 Å². The van der Waals surface area contributed by atoms with Gasteiger partial charge in [0, 0.05) is 24.3 Å². The fourth-order valence-corrected chi connectivity index (χ4v) is 2.46. The van der Waals surface area contributed by atoms with Crippen LogP contribution in [0.3, 0.4) is 0 Å². The Morgan fingerprint density at radius 2 is 2.32 bits per heavy atom. The van der Waals surface area contributed by atoms with E-state index in [1.165, 1.54) is 17.5 Å². The van der Waals surface area contributed by atoms with E-state index in [1.54, 1.807) is 17.9 Å². The van der Waals surface area contributed by atoms with Gasteiger partial charge >= 0.3 is 5.97 Å². The van der Waals surface area contributed by atoms with E-state index in [0.29, 0.717) is 16.7 Å². The summed E-state index contributed by atoms with van der Waals surface area (Å²) in [6.45, 7) is 0. The Balaban J connectivity index is 2.22. The fraction of sp³-hybridized carbons (Fsp3) is 0.0833. The molecule has 3 heterocycles. The number of pyridine rings is 1. The Morgan fingerprint density at radius 3 is 3.00 bits per heavy atom. The van der Waals surface area contributed by atoms with Crippen molar-refractivity contribution >= 4 is 39.7 Å². The first-order valence-electron chi connectivity index (χ1n) is 5.50. The van der Waals surface area contributed by atoms with E-state index < -0.39 is 5.97 Å². The van der Waals surface area contributed by atoms with Crippen molar-refractivity contribution in [1.29, 1.82) is 0 Å². The minimum atomic E-state index is -1.02. The van der Waals surface area contributed by atoms with E-state index in [1.807, 2.05) is 16.8 Å². The van der Waals surface area contributed by atoms with Crippen LogP contribution in [0.15, 0.2) is 29.2 Å². The van der Waals surface area contributed by atoms with Crippen LogP contribution >= 0.6 is 11.3 Å². The summed E-state index contributed by atoms with van der Waals surface area (Å²) in [4.78, 5) is 15.4. The molecule has 0 aliphatic carbocycles. The first kappa shape index (κ1) is 11.7. The summed E-state index contributed by atoms with van der Waals surface area (Å²) in [6.07, 6.45) is 2.96. The molecule has 6 nitrogen and oxygen atoms in total. The Labute approximate surface area is 112 Å². The zero-order valence-corrected chi connectivity index (χ0v) is 10.8. The van der Waals surface area contributed by atoms with Crippen molar-refractivity contribution in [2.75, 3.05) is 5.32 Å². The number of nitrogens with zero attached hydrogens (tertiary/aromatic N) is 3. The summed E-state index contributed by atoms with van der Waals surface area (Å²) in [5.74, 6) is -1.02. The minimum absolute atomic E-state index is 0.131. The van der Waals surface area contributed by atoms with Gasteiger partial charge in [-0.05, 0) is 11.4 Å². The van der Waals surface area contributed by atoms with Crippen LogP contribution < -0.4 is 5.32 Å². The number of carboxylic acids is 1. The minimum Gasteiger partial charge on any atom is -0.478 e. The van der Waals surface area contributed by atoms with Crippen molar-refractivity contribution in [2.24, 2.45) is 7.05 Å². The molecule has 0 amide bonds. The predicted molar refractivity (Wildman–Crippen MR) is 73.1 cm³/mol. The standard InChI is InChI=1S/C12H10N4O2S/c1-16-11-8(5-14-16)10(9(4-13-11)12(17)18)15-7-2-3-19-6-7/h2-6H,1H3,(H,13,15)(H,17,18). The first-order chi connectivity index (χ1) is 9.16. The second-order valence-corrected chi connectivity index (χ2v) is 4.77. The SMILES string of the molecule is Cn1ncc2c(Nc3ccsc3)c(C(=O)O)cnc21. The number of rotatable bonds is 3. The summed E-state index contributed by atoms with van der Waals surface area (Å²) in [5.41, 5.74) is 2.14. The van der Waals surface area contributed by atoms with E-state index in [2.05, 4.69) is 15.4 Å². The van der Waals surface area contributed by atoms with E-state index in [4.69, 9.17) is 0 Å². The molecule has 0 spiro atoms. The number of thiophene rings is 1. The average molecular weight is 274 g/mol. The van der Waals surface area contributed by atoms with Crippen LogP contribution in [0, 0.1) is 0 Å². The Bertz CT molecular complexity index is 749. The molecule has 0 atom stereocenters. The van der Waals surface area contributed by atoms with Crippen LogP contribution in [0.5, 0.6) is 0 Å². The summed E-state index contributed by atoms with van der Waals surface area (Å²) in [6, 6.07) is 1.89. The van der Waals surface area contributed by atoms with Crippen molar-refractivity contribution in [3.63, 3.8) is 0 Å². The highest BCUT2D eigenvalue weighted by molar-refractivity contribution is 7.08. The lowest BCUT2D eigenvalue weighted by Crippen LogP contribution is -2.04. The molecule has 0 bridgehead atoms. The lowest BCUT2D eigenvalue weighted by Gasteiger charge is -2.09. The molecule has 0 saturated carbocycles. The van der Waals surface area contributed by atoms with E-state index in [9.17, 15) is 9.90 Å². The van der Waals surface area contributed by atoms with E-state index in [-0.39, 0.29) is 5.56 Å². The monoisotopic (exact) mass is 274 g/mol. The van der Waals surface area contributed by atoms with Gasteiger partial charge in [0.15, 0.2) is 5.65 Å². The lowest BCUT2D eigenvalue weighted by molar-refractivity contribution is 0.0697. The van der Waals surface area contributed by atoms with Crippen molar-refractivity contribution in [1.82, 2.24) is 14.8 Å². The molecule has 19 heavy (non-hydrogen) atoms. The van der Waals surface area contributed by atoms with Crippen molar-refractivity contribution in [3.8, 4) is 0 Å². The number of aromatic nitrogens is 3. The molecule has 0 unspecified atom stereocenters. The Hall–Kier alpha value is -2.41. The molecule has 0 radical (unpaired) electrons. The maximum absolute atomic E-state index is 11.3. The molecule has 3 aromatic heterocycles. The van der Waals surface area contributed by atoms with Gasteiger partial charge in [0.05, 0.1) is 17.3 Å². The van der Waals surface area contributed by atoms with Gasteiger partial charge in [-0.2, -0.15) is 16.4 Å². The largest absolute Gasteiger partial charge is 0.478 e.